The van der Waals surface area contributed by atoms with Crippen molar-refractivity contribution in [3.63, 3.8) is 0 Å². The number of hydrogen-bond acceptors (Lipinski definition) is 6. The van der Waals surface area contributed by atoms with Crippen LogP contribution in [0.15, 0.2) is 18.2 Å². The Labute approximate surface area is 121 Å². The largest absolute Gasteiger partial charge is 0.493 e. The summed E-state index contributed by atoms with van der Waals surface area (Å²) in [6.07, 6.45) is 0. The van der Waals surface area contributed by atoms with E-state index in [9.17, 15) is 4.79 Å². The van der Waals surface area contributed by atoms with E-state index in [1.165, 1.54) is 18.9 Å². The second kappa shape index (κ2) is 6.21. The Hall–Kier alpha value is -2.64. The first kappa shape index (κ1) is 14.8. The Kier molecular flexibility index (Phi) is 4.36. The molecule has 1 aromatic heterocycles. The van der Waals surface area contributed by atoms with Gasteiger partial charge in [0.25, 0.3) is 0 Å². The topological polar surface area (TPSA) is 99.4 Å². The molecule has 8 nitrogen and oxygen atoms in total. The van der Waals surface area contributed by atoms with Gasteiger partial charge in [0.05, 0.1) is 32.2 Å². The number of tetrazole rings is 1. The molecule has 0 aliphatic heterocycles. The van der Waals surface area contributed by atoms with E-state index in [1.54, 1.807) is 25.1 Å². The molecule has 0 radical (unpaired) electrons. The van der Waals surface area contributed by atoms with Gasteiger partial charge in [0.15, 0.2) is 17.3 Å². The van der Waals surface area contributed by atoms with Gasteiger partial charge in [-0.3, -0.25) is 4.79 Å². The molecular formula is C13H16N4O4. The Morgan fingerprint density at radius 3 is 2.76 bits per heavy atom. The van der Waals surface area contributed by atoms with Crippen LogP contribution in [-0.2, 0) is 11.3 Å². The van der Waals surface area contributed by atoms with Gasteiger partial charge in [-0.15, -0.1) is 5.10 Å². The highest BCUT2D eigenvalue weighted by molar-refractivity contribution is 5.70. The van der Waals surface area contributed by atoms with Crippen LogP contribution in [0.4, 0.5) is 0 Å². The van der Waals surface area contributed by atoms with Crippen LogP contribution < -0.4 is 9.47 Å². The molecule has 0 bridgehead atoms. The van der Waals surface area contributed by atoms with Gasteiger partial charge in [0, 0.05) is 0 Å². The second-order valence-corrected chi connectivity index (χ2v) is 4.46. The molecule has 0 aliphatic carbocycles. The predicted octanol–water partition coefficient (Wildman–Crippen LogP) is 1.08. The molecule has 112 valence electrons. The lowest BCUT2D eigenvalue weighted by atomic mass is 10.1. The van der Waals surface area contributed by atoms with E-state index >= 15 is 0 Å². The van der Waals surface area contributed by atoms with Gasteiger partial charge in [-0.2, -0.15) is 0 Å². The third-order valence-electron chi connectivity index (χ3n) is 3.04. The van der Waals surface area contributed by atoms with Crippen molar-refractivity contribution >= 4 is 5.97 Å². The van der Waals surface area contributed by atoms with Crippen molar-refractivity contribution in [1.82, 2.24) is 20.2 Å². The summed E-state index contributed by atoms with van der Waals surface area (Å²) in [5.41, 5.74) is 0.638. The van der Waals surface area contributed by atoms with Gasteiger partial charge in [0.1, 0.15) is 0 Å². The number of para-hydroxylation sites is 1. The minimum absolute atomic E-state index is 0.165. The highest BCUT2D eigenvalue weighted by Crippen LogP contribution is 2.36. The lowest BCUT2D eigenvalue weighted by molar-refractivity contribution is -0.141. The van der Waals surface area contributed by atoms with Crippen LogP contribution in [0, 0.1) is 5.92 Å². The average molecular weight is 292 g/mol. The fraction of sp³-hybridized carbons (Fsp3) is 0.385. The lowest BCUT2D eigenvalue weighted by Crippen LogP contribution is -2.18. The number of hydrogen-bond donors (Lipinski definition) is 1. The molecule has 0 saturated heterocycles. The number of aliphatic carboxylic acids is 1. The van der Waals surface area contributed by atoms with Crippen molar-refractivity contribution in [2.75, 3.05) is 14.2 Å². The molecule has 8 heteroatoms. The number of ether oxygens (including phenoxy) is 2. The SMILES string of the molecule is COc1cccc(-c2nnnn2CC(C)C(=O)O)c1OC. The zero-order chi connectivity index (χ0) is 15.4. The molecule has 1 atom stereocenters. The van der Waals surface area contributed by atoms with Gasteiger partial charge in [-0.05, 0) is 22.6 Å². The molecule has 2 aromatic rings. The van der Waals surface area contributed by atoms with Crippen molar-refractivity contribution in [3.8, 4) is 22.9 Å². The van der Waals surface area contributed by atoms with Gasteiger partial charge in [-0.1, -0.05) is 13.0 Å². The molecule has 1 aromatic carbocycles. The molecule has 0 saturated carbocycles. The maximum absolute atomic E-state index is 11.0. The van der Waals surface area contributed by atoms with E-state index in [0.717, 1.165) is 0 Å². The summed E-state index contributed by atoms with van der Waals surface area (Å²) in [5.74, 6) is -0.0355. The minimum atomic E-state index is -0.908. The normalized spacial score (nSPS) is 12.0. The minimum Gasteiger partial charge on any atom is -0.493 e. The van der Waals surface area contributed by atoms with Crippen LogP contribution in [0.25, 0.3) is 11.4 Å². The smallest absolute Gasteiger partial charge is 0.308 e. The van der Waals surface area contributed by atoms with E-state index in [2.05, 4.69) is 15.5 Å². The maximum atomic E-state index is 11.0. The van der Waals surface area contributed by atoms with Gasteiger partial charge in [-0.25, -0.2) is 4.68 Å². The lowest BCUT2D eigenvalue weighted by Gasteiger charge is -2.13. The number of carbonyl (C=O) groups is 1. The molecule has 0 spiro atoms. The third-order valence-corrected chi connectivity index (χ3v) is 3.04. The number of benzene rings is 1. The Bertz CT molecular complexity index is 641. The predicted molar refractivity (Wildman–Crippen MR) is 73.2 cm³/mol. The number of methoxy groups -OCH3 is 2. The van der Waals surface area contributed by atoms with Crippen molar-refractivity contribution in [1.29, 1.82) is 0 Å². The molecule has 1 N–H and O–H groups in total. The molecule has 0 fully saturated rings. The quantitative estimate of drug-likeness (QED) is 0.850. The van der Waals surface area contributed by atoms with Crippen LogP contribution in [-0.4, -0.2) is 45.5 Å². The number of aromatic nitrogens is 4. The fourth-order valence-corrected chi connectivity index (χ4v) is 1.92. The van der Waals surface area contributed by atoms with Crippen LogP contribution >= 0.6 is 0 Å². The summed E-state index contributed by atoms with van der Waals surface area (Å²) in [6, 6.07) is 5.33. The number of rotatable bonds is 6. The monoisotopic (exact) mass is 292 g/mol. The first-order valence-electron chi connectivity index (χ1n) is 6.28. The van der Waals surface area contributed by atoms with Crippen LogP contribution in [0.5, 0.6) is 11.5 Å². The van der Waals surface area contributed by atoms with Crippen molar-refractivity contribution in [2.24, 2.45) is 5.92 Å². The molecule has 21 heavy (non-hydrogen) atoms. The summed E-state index contributed by atoms with van der Waals surface area (Å²) in [5, 5.41) is 20.4. The molecule has 0 aliphatic rings. The molecule has 2 rings (SSSR count). The van der Waals surface area contributed by atoms with Crippen LogP contribution in [0.3, 0.4) is 0 Å². The first-order chi connectivity index (χ1) is 10.1. The summed E-state index contributed by atoms with van der Waals surface area (Å²) < 4.78 is 12.0. The van der Waals surface area contributed by atoms with E-state index in [0.29, 0.717) is 22.9 Å². The van der Waals surface area contributed by atoms with Crippen molar-refractivity contribution in [2.45, 2.75) is 13.5 Å². The molecule has 1 heterocycles. The van der Waals surface area contributed by atoms with E-state index in [-0.39, 0.29) is 6.54 Å². The van der Waals surface area contributed by atoms with Crippen LogP contribution in [0.1, 0.15) is 6.92 Å². The van der Waals surface area contributed by atoms with E-state index in [4.69, 9.17) is 14.6 Å². The zero-order valence-electron chi connectivity index (χ0n) is 12.0. The Balaban J connectivity index is 2.44. The first-order valence-corrected chi connectivity index (χ1v) is 6.28. The summed E-state index contributed by atoms with van der Waals surface area (Å²) in [4.78, 5) is 11.0. The van der Waals surface area contributed by atoms with Gasteiger partial charge < -0.3 is 14.6 Å². The Morgan fingerprint density at radius 2 is 2.14 bits per heavy atom. The third kappa shape index (κ3) is 2.93. The molecular weight excluding hydrogens is 276 g/mol. The summed E-state index contributed by atoms with van der Waals surface area (Å²) in [6.45, 7) is 1.76. The van der Waals surface area contributed by atoms with E-state index in [1.807, 2.05) is 0 Å². The second-order valence-electron chi connectivity index (χ2n) is 4.46. The Morgan fingerprint density at radius 1 is 1.38 bits per heavy atom. The zero-order valence-corrected chi connectivity index (χ0v) is 12.0. The maximum Gasteiger partial charge on any atom is 0.308 e. The van der Waals surface area contributed by atoms with Crippen molar-refractivity contribution in [3.05, 3.63) is 18.2 Å². The number of nitrogens with zero attached hydrogens (tertiary/aromatic N) is 4. The standard InChI is InChI=1S/C13H16N4O4/c1-8(13(18)19)7-17-12(14-15-16-17)9-5-4-6-10(20-2)11(9)21-3/h4-6,8H,7H2,1-3H3,(H,18,19). The van der Waals surface area contributed by atoms with Gasteiger partial charge in [0.2, 0.25) is 0 Å². The van der Waals surface area contributed by atoms with E-state index < -0.39 is 11.9 Å². The fourth-order valence-electron chi connectivity index (χ4n) is 1.92. The number of carboxylic acid groups (broad SMARTS) is 1. The molecule has 0 amide bonds. The highest BCUT2D eigenvalue weighted by Gasteiger charge is 2.20. The highest BCUT2D eigenvalue weighted by atomic mass is 16.5. The number of carboxylic acids is 1. The van der Waals surface area contributed by atoms with Crippen molar-refractivity contribution < 1.29 is 19.4 Å². The summed E-state index contributed by atoms with van der Waals surface area (Å²) in [7, 11) is 3.06. The molecule has 1 unspecified atom stereocenters. The summed E-state index contributed by atoms with van der Waals surface area (Å²) >= 11 is 0. The van der Waals surface area contributed by atoms with Crippen LogP contribution in [0.2, 0.25) is 0 Å². The van der Waals surface area contributed by atoms with Gasteiger partial charge >= 0.3 is 5.97 Å². The average Bonchev–Trinajstić information content (AvgIpc) is 2.93.